The van der Waals surface area contributed by atoms with Crippen molar-refractivity contribution in [2.75, 3.05) is 13.1 Å². The van der Waals surface area contributed by atoms with Crippen molar-refractivity contribution in [3.63, 3.8) is 0 Å². The molecule has 0 aromatic heterocycles. The molecule has 4 heteroatoms. The molecule has 3 unspecified atom stereocenters. The molecule has 2 aliphatic rings. The summed E-state index contributed by atoms with van der Waals surface area (Å²) in [7, 11) is 0. The average Bonchev–Trinajstić information content (AvgIpc) is 2.93. The van der Waals surface area contributed by atoms with Gasteiger partial charge in [-0.1, -0.05) is 31.2 Å². The zero-order valence-electron chi connectivity index (χ0n) is 11.3. The molecular formula is C15H22IN3. The van der Waals surface area contributed by atoms with Crippen LogP contribution in [0, 0.1) is 11.8 Å². The number of benzene rings is 1. The number of halogens is 1. The van der Waals surface area contributed by atoms with Crippen molar-refractivity contribution < 1.29 is 0 Å². The minimum atomic E-state index is 0. The average molecular weight is 371 g/mol. The van der Waals surface area contributed by atoms with Gasteiger partial charge in [0, 0.05) is 13.1 Å². The molecule has 0 radical (unpaired) electrons. The lowest BCUT2D eigenvalue weighted by molar-refractivity contribution is 0.696. The van der Waals surface area contributed by atoms with Crippen LogP contribution in [-0.4, -0.2) is 19.0 Å². The molecule has 1 saturated carbocycles. The lowest BCUT2D eigenvalue weighted by Gasteiger charge is -2.06. The fourth-order valence-corrected chi connectivity index (χ4v) is 3.25. The number of hydrogen-bond acceptors (Lipinski definition) is 1. The van der Waals surface area contributed by atoms with Crippen molar-refractivity contribution in [3.8, 4) is 0 Å². The molecule has 0 heterocycles. The molecule has 1 aromatic carbocycles. The highest BCUT2D eigenvalue weighted by molar-refractivity contribution is 14.0. The van der Waals surface area contributed by atoms with Gasteiger partial charge < -0.3 is 11.1 Å². The molecule has 19 heavy (non-hydrogen) atoms. The van der Waals surface area contributed by atoms with Crippen LogP contribution in [0.3, 0.4) is 0 Å². The molecule has 1 aromatic rings. The summed E-state index contributed by atoms with van der Waals surface area (Å²) in [5, 5.41) is 3.13. The minimum Gasteiger partial charge on any atom is -0.370 e. The van der Waals surface area contributed by atoms with E-state index in [0.29, 0.717) is 5.96 Å². The normalized spacial score (nSPS) is 27.2. The lowest BCUT2D eigenvalue weighted by Crippen LogP contribution is -2.32. The van der Waals surface area contributed by atoms with E-state index < -0.39 is 0 Å². The number of nitrogens with two attached hydrogens (primary N) is 1. The highest BCUT2D eigenvalue weighted by Gasteiger charge is 2.54. The minimum absolute atomic E-state index is 0. The van der Waals surface area contributed by atoms with Gasteiger partial charge >= 0.3 is 0 Å². The lowest BCUT2D eigenvalue weighted by atomic mass is 10.0. The molecule has 3 nitrogen and oxygen atoms in total. The van der Waals surface area contributed by atoms with Gasteiger partial charge in [0.2, 0.25) is 0 Å². The SMILES string of the molecule is CCCNC(N)=NCC1C2Cc3ccccc3C12.I. The van der Waals surface area contributed by atoms with E-state index in [0.717, 1.165) is 37.3 Å². The first kappa shape index (κ1) is 14.6. The molecule has 0 aliphatic heterocycles. The Morgan fingerprint density at radius 1 is 1.42 bits per heavy atom. The zero-order chi connectivity index (χ0) is 12.5. The quantitative estimate of drug-likeness (QED) is 0.486. The number of nitrogens with zero attached hydrogens (tertiary/aromatic N) is 1. The summed E-state index contributed by atoms with van der Waals surface area (Å²) >= 11 is 0. The van der Waals surface area contributed by atoms with Crippen LogP contribution in [-0.2, 0) is 6.42 Å². The Balaban J connectivity index is 0.00000133. The summed E-state index contributed by atoms with van der Waals surface area (Å²) in [6.07, 6.45) is 2.32. The summed E-state index contributed by atoms with van der Waals surface area (Å²) in [5.41, 5.74) is 8.92. The van der Waals surface area contributed by atoms with E-state index in [4.69, 9.17) is 5.73 Å². The van der Waals surface area contributed by atoms with Gasteiger partial charge in [0.25, 0.3) is 0 Å². The van der Waals surface area contributed by atoms with Gasteiger partial charge in [-0.15, -0.1) is 24.0 Å². The maximum Gasteiger partial charge on any atom is 0.188 e. The first-order valence-electron chi connectivity index (χ1n) is 6.93. The molecule has 104 valence electrons. The standard InChI is InChI=1S/C15H21N3.HI/c1-2-7-17-15(16)18-9-13-12-8-10-5-3-4-6-11(10)14(12)13;/h3-6,12-14H,2,7-9H2,1H3,(H3,16,17,18);1H. The molecule has 0 bridgehead atoms. The van der Waals surface area contributed by atoms with Gasteiger partial charge in [-0.05, 0) is 41.7 Å². The van der Waals surface area contributed by atoms with E-state index in [2.05, 4.69) is 41.5 Å². The van der Waals surface area contributed by atoms with Crippen LogP contribution in [0.5, 0.6) is 0 Å². The highest BCUT2D eigenvalue weighted by atomic mass is 127. The second kappa shape index (κ2) is 6.11. The fourth-order valence-electron chi connectivity index (χ4n) is 3.25. The summed E-state index contributed by atoms with van der Waals surface area (Å²) in [5.74, 6) is 2.91. The number of hydrogen-bond donors (Lipinski definition) is 2. The van der Waals surface area contributed by atoms with Crippen LogP contribution in [0.1, 0.15) is 30.4 Å². The van der Waals surface area contributed by atoms with Crippen LogP contribution in [0.4, 0.5) is 0 Å². The summed E-state index contributed by atoms with van der Waals surface area (Å²) in [6, 6.07) is 8.84. The predicted octanol–water partition coefficient (Wildman–Crippen LogP) is 2.50. The Morgan fingerprint density at radius 2 is 2.21 bits per heavy atom. The van der Waals surface area contributed by atoms with Crippen molar-refractivity contribution in [1.29, 1.82) is 0 Å². The molecule has 1 fully saturated rings. The summed E-state index contributed by atoms with van der Waals surface area (Å²) in [6.45, 7) is 3.92. The van der Waals surface area contributed by atoms with E-state index in [-0.39, 0.29) is 24.0 Å². The number of nitrogens with one attached hydrogen (secondary N) is 1. The Hall–Kier alpha value is -0.780. The molecule has 3 atom stereocenters. The van der Waals surface area contributed by atoms with Crippen molar-refractivity contribution >= 4 is 29.9 Å². The predicted molar refractivity (Wildman–Crippen MR) is 90.1 cm³/mol. The zero-order valence-corrected chi connectivity index (χ0v) is 13.6. The summed E-state index contributed by atoms with van der Waals surface area (Å²) in [4.78, 5) is 4.46. The Bertz CT molecular complexity index is 472. The van der Waals surface area contributed by atoms with Gasteiger partial charge in [-0.3, -0.25) is 4.99 Å². The van der Waals surface area contributed by atoms with Crippen LogP contribution in [0.2, 0.25) is 0 Å². The number of rotatable bonds is 4. The fraction of sp³-hybridized carbons (Fsp3) is 0.533. The second-order valence-corrected chi connectivity index (χ2v) is 5.41. The molecule has 3 N–H and O–H groups in total. The van der Waals surface area contributed by atoms with Crippen LogP contribution >= 0.6 is 24.0 Å². The molecule has 3 rings (SSSR count). The molecule has 0 spiro atoms. The third-order valence-electron chi connectivity index (χ3n) is 4.23. The molecule has 0 saturated heterocycles. The first-order valence-corrected chi connectivity index (χ1v) is 6.93. The third-order valence-corrected chi connectivity index (χ3v) is 4.23. The van der Waals surface area contributed by atoms with Gasteiger partial charge in [-0.2, -0.15) is 0 Å². The van der Waals surface area contributed by atoms with Crippen molar-refractivity contribution in [3.05, 3.63) is 35.4 Å². The van der Waals surface area contributed by atoms with E-state index in [9.17, 15) is 0 Å². The van der Waals surface area contributed by atoms with Gasteiger partial charge in [0.05, 0.1) is 0 Å². The van der Waals surface area contributed by atoms with Crippen LogP contribution in [0.25, 0.3) is 0 Å². The highest BCUT2D eigenvalue weighted by Crippen LogP contribution is 2.61. The van der Waals surface area contributed by atoms with Gasteiger partial charge in [-0.25, -0.2) is 0 Å². The first-order chi connectivity index (χ1) is 8.81. The maximum absolute atomic E-state index is 5.82. The number of aliphatic imine (C=N–C) groups is 1. The molecule has 2 aliphatic carbocycles. The number of guanidine groups is 1. The van der Waals surface area contributed by atoms with Crippen LogP contribution < -0.4 is 11.1 Å². The largest absolute Gasteiger partial charge is 0.370 e. The van der Waals surface area contributed by atoms with Crippen molar-refractivity contribution in [2.45, 2.75) is 25.7 Å². The Morgan fingerprint density at radius 3 is 3.00 bits per heavy atom. The topological polar surface area (TPSA) is 50.4 Å². The van der Waals surface area contributed by atoms with Gasteiger partial charge in [0.15, 0.2) is 5.96 Å². The van der Waals surface area contributed by atoms with E-state index in [1.54, 1.807) is 11.1 Å². The second-order valence-electron chi connectivity index (χ2n) is 5.41. The van der Waals surface area contributed by atoms with Crippen LogP contribution in [0.15, 0.2) is 29.3 Å². The number of fused-ring (bicyclic) bond motifs is 3. The molecule has 0 amide bonds. The van der Waals surface area contributed by atoms with Crippen molar-refractivity contribution in [1.82, 2.24) is 5.32 Å². The van der Waals surface area contributed by atoms with E-state index in [1.165, 1.54) is 6.42 Å². The van der Waals surface area contributed by atoms with Crippen molar-refractivity contribution in [2.24, 2.45) is 22.6 Å². The van der Waals surface area contributed by atoms with Gasteiger partial charge in [0.1, 0.15) is 0 Å². The monoisotopic (exact) mass is 371 g/mol. The summed E-state index contributed by atoms with van der Waals surface area (Å²) < 4.78 is 0. The third kappa shape index (κ3) is 2.88. The van der Waals surface area contributed by atoms with E-state index in [1.807, 2.05) is 0 Å². The Kier molecular flexibility index (Phi) is 4.71. The molecular weight excluding hydrogens is 349 g/mol. The smallest absolute Gasteiger partial charge is 0.188 e. The Labute approximate surface area is 132 Å². The van der Waals surface area contributed by atoms with E-state index >= 15 is 0 Å². The maximum atomic E-state index is 5.82.